The van der Waals surface area contributed by atoms with Crippen LogP contribution < -0.4 is 5.73 Å². The SMILES string of the molecule is CC(C(=O)N1CCOCC1)S(=O)(=O)CC(C)(C)N. The van der Waals surface area contributed by atoms with E-state index in [1.807, 2.05) is 0 Å². The van der Waals surface area contributed by atoms with Crippen LogP contribution in [0.15, 0.2) is 0 Å². The summed E-state index contributed by atoms with van der Waals surface area (Å²) >= 11 is 0. The van der Waals surface area contributed by atoms with Gasteiger partial charge in [-0.25, -0.2) is 8.42 Å². The summed E-state index contributed by atoms with van der Waals surface area (Å²) in [4.78, 5) is 13.6. The molecule has 6 nitrogen and oxygen atoms in total. The Kier molecular flexibility index (Phi) is 4.74. The van der Waals surface area contributed by atoms with Crippen LogP contribution in [-0.2, 0) is 19.4 Å². The first-order chi connectivity index (χ1) is 8.13. The number of carbonyl (C=O) groups excluding carboxylic acids is 1. The molecule has 0 saturated carbocycles. The smallest absolute Gasteiger partial charge is 0.240 e. The fraction of sp³-hybridized carbons (Fsp3) is 0.909. The molecule has 1 rings (SSSR count). The van der Waals surface area contributed by atoms with Crippen LogP contribution in [0.5, 0.6) is 0 Å². The molecule has 1 unspecified atom stereocenters. The van der Waals surface area contributed by atoms with Crippen molar-refractivity contribution in [2.24, 2.45) is 5.73 Å². The molecule has 0 aliphatic carbocycles. The molecule has 7 heteroatoms. The topological polar surface area (TPSA) is 89.7 Å². The highest BCUT2D eigenvalue weighted by Gasteiger charge is 2.35. The van der Waals surface area contributed by atoms with Crippen molar-refractivity contribution in [1.29, 1.82) is 0 Å². The van der Waals surface area contributed by atoms with Crippen molar-refractivity contribution in [3.05, 3.63) is 0 Å². The number of hydrogen-bond donors (Lipinski definition) is 1. The van der Waals surface area contributed by atoms with E-state index in [0.717, 1.165) is 0 Å². The van der Waals surface area contributed by atoms with Gasteiger partial charge in [0.15, 0.2) is 9.84 Å². The predicted molar refractivity (Wildman–Crippen MR) is 68.9 cm³/mol. The molecular weight excluding hydrogens is 256 g/mol. The van der Waals surface area contributed by atoms with E-state index in [4.69, 9.17) is 10.5 Å². The summed E-state index contributed by atoms with van der Waals surface area (Å²) in [5, 5.41) is -1.04. The van der Waals surface area contributed by atoms with Gasteiger partial charge < -0.3 is 15.4 Å². The number of ether oxygens (including phenoxy) is 1. The standard InChI is InChI=1S/C11H22N2O4S/c1-9(18(15,16)8-11(2,3)12)10(14)13-4-6-17-7-5-13/h9H,4-8,12H2,1-3H3. The van der Waals surface area contributed by atoms with Gasteiger partial charge in [-0.2, -0.15) is 0 Å². The maximum atomic E-state index is 12.1. The highest BCUT2D eigenvalue weighted by atomic mass is 32.2. The molecule has 0 aromatic rings. The fourth-order valence-corrected chi connectivity index (χ4v) is 3.58. The highest BCUT2D eigenvalue weighted by molar-refractivity contribution is 7.92. The first-order valence-corrected chi connectivity index (χ1v) is 7.72. The number of amides is 1. The third-order valence-electron chi connectivity index (χ3n) is 2.78. The molecule has 1 heterocycles. The summed E-state index contributed by atoms with van der Waals surface area (Å²) in [5.74, 6) is -0.556. The molecule has 0 bridgehead atoms. The number of sulfone groups is 1. The van der Waals surface area contributed by atoms with E-state index in [-0.39, 0.29) is 11.7 Å². The maximum Gasteiger partial charge on any atom is 0.240 e. The summed E-state index contributed by atoms with van der Waals surface area (Å²) in [6.45, 7) is 6.52. The van der Waals surface area contributed by atoms with Crippen molar-refractivity contribution in [2.75, 3.05) is 32.1 Å². The Morgan fingerprint density at radius 3 is 2.33 bits per heavy atom. The second kappa shape index (κ2) is 5.54. The monoisotopic (exact) mass is 278 g/mol. The third-order valence-corrected chi connectivity index (χ3v) is 5.21. The summed E-state index contributed by atoms with van der Waals surface area (Å²) in [6.07, 6.45) is 0. The minimum atomic E-state index is -3.52. The summed E-state index contributed by atoms with van der Waals surface area (Å²) < 4.78 is 29.3. The quantitative estimate of drug-likeness (QED) is 0.740. The van der Waals surface area contributed by atoms with Crippen LogP contribution in [0.3, 0.4) is 0 Å². The second-order valence-electron chi connectivity index (χ2n) is 5.38. The Hall–Kier alpha value is -0.660. The van der Waals surface area contributed by atoms with Crippen molar-refractivity contribution in [3.63, 3.8) is 0 Å². The van der Waals surface area contributed by atoms with E-state index in [0.29, 0.717) is 26.3 Å². The second-order valence-corrected chi connectivity index (χ2v) is 7.70. The molecule has 1 saturated heterocycles. The lowest BCUT2D eigenvalue weighted by Crippen LogP contribution is -2.50. The zero-order valence-corrected chi connectivity index (χ0v) is 12.0. The molecule has 1 amide bonds. The molecule has 1 aliphatic rings. The largest absolute Gasteiger partial charge is 0.378 e. The third kappa shape index (κ3) is 4.22. The molecule has 1 fully saturated rings. The van der Waals surface area contributed by atoms with Crippen molar-refractivity contribution in [2.45, 2.75) is 31.6 Å². The Morgan fingerprint density at radius 2 is 1.89 bits per heavy atom. The Morgan fingerprint density at radius 1 is 1.39 bits per heavy atom. The van der Waals surface area contributed by atoms with Gasteiger partial charge in [-0.15, -0.1) is 0 Å². The van der Waals surface area contributed by atoms with Gasteiger partial charge in [0.2, 0.25) is 5.91 Å². The van der Waals surface area contributed by atoms with Crippen molar-refractivity contribution >= 4 is 15.7 Å². The number of carbonyl (C=O) groups is 1. The fourth-order valence-electron chi connectivity index (χ4n) is 1.84. The van der Waals surface area contributed by atoms with Crippen LogP contribution in [-0.4, -0.2) is 62.1 Å². The lowest BCUT2D eigenvalue weighted by Gasteiger charge is -2.30. The molecule has 1 atom stereocenters. The average Bonchev–Trinajstić information content (AvgIpc) is 2.25. The van der Waals surface area contributed by atoms with E-state index in [2.05, 4.69) is 0 Å². The average molecular weight is 278 g/mol. The van der Waals surface area contributed by atoms with Crippen LogP contribution >= 0.6 is 0 Å². The minimum absolute atomic E-state index is 0.197. The van der Waals surface area contributed by atoms with Crippen LogP contribution in [0, 0.1) is 0 Å². The van der Waals surface area contributed by atoms with Crippen LogP contribution in [0.25, 0.3) is 0 Å². The first kappa shape index (κ1) is 15.4. The Labute approximate surface area is 108 Å². The molecule has 18 heavy (non-hydrogen) atoms. The van der Waals surface area contributed by atoms with Gasteiger partial charge in [-0.05, 0) is 20.8 Å². The molecule has 106 valence electrons. The molecule has 0 radical (unpaired) electrons. The number of nitrogens with two attached hydrogens (primary N) is 1. The molecular formula is C11H22N2O4S. The number of hydrogen-bond acceptors (Lipinski definition) is 5. The molecule has 2 N–H and O–H groups in total. The van der Waals surface area contributed by atoms with Gasteiger partial charge in [0, 0.05) is 18.6 Å². The van der Waals surface area contributed by atoms with Crippen molar-refractivity contribution in [3.8, 4) is 0 Å². The van der Waals surface area contributed by atoms with Gasteiger partial charge in [-0.3, -0.25) is 4.79 Å². The zero-order valence-electron chi connectivity index (χ0n) is 11.2. The van der Waals surface area contributed by atoms with Crippen LogP contribution in [0.4, 0.5) is 0 Å². The Balaban J connectivity index is 2.73. The predicted octanol–water partition coefficient (Wildman–Crippen LogP) is -0.614. The van der Waals surface area contributed by atoms with E-state index < -0.39 is 20.6 Å². The van der Waals surface area contributed by atoms with Gasteiger partial charge in [0.05, 0.1) is 19.0 Å². The number of morpholine rings is 1. The van der Waals surface area contributed by atoms with Gasteiger partial charge in [0.25, 0.3) is 0 Å². The minimum Gasteiger partial charge on any atom is -0.378 e. The lowest BCUT2D eigenvalue weighted by atomic mass is 10.1. The number of nitrogens with zero attached hydrogens (tertiary/aromatic N) is 1. The summed E-state index contributed by atoms with van der Waals surface area (Å²) in [6, 6.07) is 0. The zero-order chi connectivity index (χ0) is 14.0. The number of rotatable bonds is 4. The van der Waals surface area contributed by atoms with Crippen LogP contribution in [0.1, 0.15) is 20.8 Å². The van der Waals surface area contributed by atoms with E-state index in [9.17, 15) is 13.2 Å². The molecule has 1 aliphatic heterocycles. The van der Waals surface area contributed by atoms with E-state index in [1.165, 1.54) is 11.8 Å². The summed E-state index contributed by atoms with van der Waals surface area (Å²) in [5.41, 5.74) is 4.88. The van der Waals surface area contributed by atoms with Crippen molar-refractivity contribution in [1.82, 2.24) is 4.90 Å². The lowest BCUT2D eigenvalue weighted by molar-refractivity contribution is -0.134. The van der Waals surface area contributed by atoms with Gasteiger partial charge in [0.1, 0.15) is 5.25 Å². The molecule has 0 aromatic carbocycles. The van der Waals surface area contributed by atoms with Gasteiger partial charge >= 0.3 is 0 Å². The van der Waals surface area contributed by atoms with E-state index >= 15 is 0 Å². The molecule has 0 spiro atoms. The van der Waals surface area contributed by atoms with Gasteiger partial charge in [-0.1, -0.05) is 0 Å². The van der Waals surface area contributed by atoms with Crippen LogP contribution in [0.2, 0.25) is 0 Å². The molecule has 0 aromatic heterocycles. The Bertz CT molecular complexity index is 394. The summed E-state index contributed by atoms with van der Waals surface area (Å²) in [7, 11) is -3.52. The maximum absolute atomic E-state index is 12.1. The first-order valence-electron chi connectivity index (χ1n) is 6.00. The van der Waals surface area contributed by atoms with Crippen molar-refractivity contribution < 1.29 is 17.9 Å². The van der Waals surface area contributed by atoms with E-state index in [1.54, 1.807) is 13.8 Å². The normalized spacial score (nSPS) is 19.7. The highest BCUT2D eigenvalue weighted by Crippen LogP contribution is 2.13.